The van der Waals surface area contributed by atoms with Crippen LogP contribution in [0.2, 0.25) is 0 Å². The number of methoxy groups -OCH3 is 1. The first-order valence-corrected chi connectivity index (χ1v) is 6.75. The summed E-state index contributed by atoms with van der Waals surface area (Å²) in [6.45, 7) is 3.90. The highest BCUT2D eigenvalue weighted by molar-refractivity contribution is 5.90. The lowest BCUT2D eigenvalue weighted by Crippen LogP contribution is -2.42. The number of hydrogen-bond acceptors (Lipinski definition) is 3. The van der Waals surface area contributed by atoms with Crippen molar-refractivity contribution in [1.82, 2.24) is 10.6 Å². The number of ether oxygens (including phenoxy) is 1. The Bertz CT molecular complexity index is 528. The lowest BCUT2D eigenvalue weighted by atomic mass is 10.0. The van der Waals surface area contributed by atoms with Gasteiger partial charge in [-0.3, -0.25) is 9.59 Å². The zero-order valence-electron chi connectivity index (χ0n) is 12.0. The van der Waals surface area contributed by atoms with Crippen molar-refractivity contribution in [2.45, 2.75) is 38.8 Å². The molecule has 5 nitrogen and oxygen atoms in total. The minimum absolute atomic E-state index is 0.0639. The molecule has 108 valence electrons. The number of carbonyl (C=O) groups excluding carboxylic acids is 2. The Hall–Kier alpha value is -2.04. The van der Waals surface area contributed by atoms with Gasteiger partial charge >= 0.3 is 0 Å². The number of hydrogen-bond donors (Lipinski definition) is 2. The van der Waals surface area contributed by atoms with E-state index in [1.807, 2.05) is 32.0 Å². The summed E-state index contributed by atoms with van der Waals surface area (Å²) in [5, 5.41) is 5.60. The van der Waals surface area contributed by atoms with Gasteiger partial charge in [-0.25, -0.2) is 0 Å². The third kappa shape index (κ3) is 3.10. The molecule has 0 unspecified atom stereocenters. The van der Waals surface area contributed by atoms with Gasteiger partial charge < -0.3 is 15.4 Å². The number of aryl methyl sites for hydroxylation is 1. The van der Waals surface area contributed by atoms with E-state index in [9.17, 15) is 9.59 Å². The van der Waals surface area contributed by atoms with E-state index in [2.05, 4.69) is 10.6 Å². The van der Waals surface area contributed by atoms with Crippen molar-refractivity contribution in [2.24, 2.45) is 0 Å². The lowest BCUT2D eigenvalue weighted by molar-refractivity contribution is -0.126. The molecular formula is C15H20N2O3. The average molecular weight is 276 g/mol. The highest BCUT2D eigenvalue weighted by Crippen LogP contribution is 2.26. The Balaban J connectivity index is 2.08. The molecule has 1 fully saturated rings. The van der Waals surface area contributed by atoms with E-state index in [0.717, 1.165) is 16.9 Å². The summed E-state index contributed by atoms with van der Waals surface area (Å²) < 4.78 is 5.32. The van der Waals surface area contributed by atoms with Crippen molar-refractivity contribution < 1.29 is 14.3 Å². The van der Waals surface area contributed by atoms with Gasteiger partial charge in [-0.2, -0.15) is 0 Å². The Morgan fingerprint density at radius 3 is 2.85 bits per heavy atom. The molecule has 2 N–H and O–H groups in total. The van der Waals surface area contributed by atoms with Crippen LogP contribution < -0.4 is 15.4 Å². The van der Waals surface area contributed by atoms with Crippen molar-refractivity contribution in [3.63, 3.8) is 0 Å². The fraction of sp³-hybridized carbons (Fsp3) is 0.467. The summed E-state index contributed by atoms with van der Waals surface area (Å²) in [6.07, 6.45) is 0.975. The van der Waals surface area contributed by atoms with Crippen LogP contribution in [-0.2, 0) is 9.59 Å². The van der Waals surface area contributed by atoms with E-state index in [0.29, 0.717) is 12.8 Å². The molecule has 0 spiro atoms. The van der Waals surface area contributed by atoms with Gasteiger partial charge in [0, 0.05) is 12.0 Å². The van der Waals surface area contributed by atoms with Gasteiger partial charge in [0.1, 0.15) is 11.8 Å². The van der Waals surface area contributed by atoms with Crippen LogP contribution in [0.25, 0.3) is 0 Å². The maximum Gasteiger partial charge on any atom is 0.243 e. The molecular weight excluding hydrogens is 256 g/mol. The van der Waals surface area contributed by atoms with Gasteiger partial charge in [0.15, 0.2) is 0 Å². The Labute approximate surface area is 118 Å². The zero-order valence-corrected chi connectivity index (χ0v) is 12.0. The largest absolute Gasteiger partial charge is 0.496 e. The number of nitrogens with one attached hydrogen (secondary N) is 2. The molecule has 1 saturated heterocycles. The van der Waals surface area contributed by atoms with Gasteiger partial charge in [0.2, 0.25) is 11.8 Å². The van der Waals surface area contributed by atoms with Gasteiger partial charge in [0.05, 0.1) is 13.2 Å². The first-order valence-electron chi connectivity index (χ1n) is 6.75. The molecule has 1 aliphatic heterocycles. The molecule has 2 rings (SSSR count). The molecule has 20 heavy (non-hydrogen) atoms. The van der Waals surface area contributed by atoms with E-state index in [1.165, 1.54) is 0 Å². The van der Waals surface area contributed by atoms with Gasteiger partial charge in [-0.05, 0) is 26.3 Å². The zero-order chi connectivity index (χ0) is 14.7. The first kappa shape index (κ1) is 14.4. The second-order valence-corrected chi connectivity index (χ2v) is 5.13. The van der Waals surface area contributed by atoms with Crippen molar-refractivity contribution in [3.8, 4) is 5.75 Å². The summed E-state index contributed by atoms with van der Waals surface area (Å²) in [4.78, 5) is 23.2. The van der Waals surface area contributed by atoms with Crippen molar-refractivity contribution in [3.05, 3.63) is 29.3 Å². The Morgan fingerprint density at radius 2 is 2.25 bits per heavy atom. The second kappa shape index (κ2) is 5.94. The monoisotopic (exact) mass is 276 g/mol. The second-order valence-electron chi connectivity index (χ2n) is 5.13. The van der Waals surface area contributed by atoms with Crippen LogP contribution in [0.3, 0.4) is 0 Å². The van der Waals surface area contributed by atoms with Crippen LogP contribution >= 0.6 is 0 Å². The molecule has 5 heteroatoms. The van der Waals surface area contributed by atoms with E-state index in [-0.39, 0.29) is 17.9 Å². The minimum Gasteiger partial charge on any atom is -0.496 e. The maximum atomic E-state index is 12.1. The Kier molecular flexibility index (Phi) is 4.27. The van der Waals surface area contributed by atoms with Crippen molar-refractivity contribution >= 4 is 11.8 Å². The molecule has 0 radical (unpaired) electrons. The fourth-order valence-electron chi connectivity index (χ4n) is 2.39. The van der Waals surface area contributed by atoms with Crippen LogP contribution in [0.15, 0.2) is 18.2 Å². The third-order valence-corrected chi connectivity index (χ3v) is 3.52. The van der Waals surface area contributed by atoms with Gasteiger partial charge in [0.25, 0.3) is 0 Å². The van der Waals surface area contributed by atoms with Crippen LogP contribution in [0.4, 0.5) is 0 Å². The van der Waals surface area contributed by atoms with Crippen molar-refractivity contribution in [1.29, 1.82) is 0 Å². The third-order valence-electron chi connectivity index (χ3n) is 3.52. The maximum absolute atomic E-state index is 12.1. The molecule has 2 atom stereocenters. The molecule has 0 aromatic heterocycles. The predicted molar refractivity (Wildman–Crippen MR) is 75.5 cm³/mol. The summed E-state index contributed by atoms with van der Waals surface area (Å²) >= 11 is 0. The van der Waals surface area contributed by atoms with E-state index < -0.39 is 6.04 Å². The first-order chi connectivity index (χ1) is 9.51. The topological polar surface area (TPSA) is 67.4 Å². The SMILES string of the molecule is COc1ccc(C)cc1[C@@H](C)NC(=O)[C@@H]1CCC(=O)N1. The van der Waals surface area contributed by atoms with E-state index >= 15 is 0 Å². The molecule has 1 aromatic carbocycles. The fourth-order valence-corrected chi connectivity index (χ4v) is 2.39. The summed E-state index contributed by atoms with van der Waals surface area (Å²) in [5.74, 6) is 0.539. The molecule has 0 aliphatic carbocycles. The summed E-state index contributed by atoms with van der Waals surface area (Å²) in [7, 11) is 1.61. The summed E-state index contributed by atoms with van der Waals surface area (Å²) in [6, 6.07) is 5.27. The average Bonchev–Trinajstić information content (AvgIpc) is 2.85. The molecule has 0 saturated carbocycles. The highest BCUT2D eigenvalue weighted by atomic mass is 16.5. The van der Waals surface area contributed by atoms with E-state index in [1.54, 1.807) is 7.11 Å². The smallest absolute Gasteiger partial charge is 0.243 e. The number of amides is 2. The normalized spacial score (nSPS) is 19.4. The number of rotatable bonds is 4. The quantitative estimate of drug-likeness (QED) is 0.875. The molecule has 1 heterocycles. The standard InChI is InChI=1S/C15H20N2O3/c1-9-4-6-13(20-3)11(8-9)10(2)16-15(19)12-5-7-14(18)17-12/h4,6,8,10,12H,5,7H2,1-3H3,(H,16,19)(H,17,18)/t10-,12+/m1/s1. The van der Waals surface area contributed by atoms with Gasteiger partial charge in [-0.15, -0.1) is 0 Å². The Morgan fingerprint density at radius 1 is 1.50 bits per heavy atom. The summed E-state index contributed by atoms with van der Waals surface area (Å²) in [5.41, 5.74) is 2.04. The van der Waals surface area contributed by atoms with Crippen molar-refractivity contribution in [2.75, 3.05) is 7.11 Å². The lowest BCUT2D eigenvalue weighted by Gasteiger charge is -2.20. The minimum atomic E-state index is -0.416. The van der Waals surface area contributed by atoms with Gasteiger partial charge in [-0.1, -0.05) is 17.7 Å². The predicted octanol–water partition coefficient (Wildman–Crippen LogP) is 1.46. The van der Waals surface area contributed by atoms with Crippen LogP contribution in [-0.4, -0.2) is 25.0 Å². The molecule has 2 amide bonds. The van der Waals surface area contributed by atoms with Crippen LogP contribution in [0, 0.1) is 6.92 Å². The molecule has 1 aliphatic rings. The van der Waals surface area contributed by atoms with Crippen LogP contribution in [0.5, 0.6) is 5.75 Å². The molecule has 0 bridgehead atoms. The van der Waals surface area contributed by atoms with E-state index in [4.69, 9.17) is 4.74 Å². The molecule has 1 aromatic rings. The number of benzene rings is 1. The van der Waals surface area contributed by atoms with Crippen LogP contribution in [0.1, 0.15) is 36.9 Å². The highest BCUT2D eigenvalue weighted by Gasteiger charge is 2.28. The number of carbonyl (C=O) groups is 2.